The second-order valence-electron chi connectivity index (χ2n) is 1.96. The van der Waals surface area contributed by atoms with Crippen molar-refractivity contribution in [2.24, 2.45) is 0 Å². The summed E-state index contributed by atoms with van der Waals surface area (Å²) in [5.41, 5.74) is 1.59. The van der Waals surface area contributed by atoms with E-state index >= 15 is 0 Å². The second kappa shape index (κ2) is 4.14. The standard InChI is InChI=1S/C9H9Br/c1-5-8(4)9(10)6-7(2)3/h1,6H,2,4H2,3H3/b9-6+. The molecule has 0 heterocycles. The SMILES string of the molecule is C#CC(=C)/C(Br)=C\C(=C)C. The Bertz CT molecular complexity index is 226. The molecule has 0 aliphatic rings. The number of allylic oxidation sites excluding steroid dienone is 4. The molecule has 0 amide bonds. The lowest BCUT2D eigenvalue weighted by Crippen LogP contribution is -1.74. The maximum absolute atomic E-state index is 5.10. The van der Waals surface area contributed by atoms with Crippen LogP contribution in [-0.4, -0.2) is 0 Å². The van der Waals surface area contributed by atoms with E-state index < -0.39 is 0 Å². The monoisotopic (exact) mass is 196 g/mol. The first-order valence-electron chi connectivity index (χ1n) is 2.76. The Morgan fingerprint density at radius 3 is 2.40 bits per heavy atom. The predicted molar refractivity (Wildman–Crippen MR) is 49.8 cm³/mol. The quantitative estimate of drug-likeness (QED) is 0.471. The van der Waals surface area contributed by atoms with Gasteiger partial charge in [-0.3, -0.25) is 0 Å². The first-order valence-corrected chi connectivity index (χ1v) is 3.56. The Labute approximate surface area is 70.5 Å². The third-order valence-electron chi connectivity index (χ3n) is 0.836. The van der Waals surface area contributed by atoms with Gasteiger partial charge in [0.2, 0.25) is 0 Å². The number of rotatable bonds is 2. The Kier molecular flexibility index (Phi) is 3.83. The fourth-order valence-electron chi connectivity index (χ4n) is 0.372. The average molecular weight is 197 g/mol. The van der Waals surface area contributed by atoms with Crippen LogP contribution < -0.4 is 0 Å². The summed E-state index contributed by atoms with van der Waals surface area (Å²) in [5, 5.41) is 0. The van der Waals surface area contributed by atoms with Gasteiger partial charge in [-0.15, -0.1) is 6.42 Å². The maximum atomic E-state index is 5.10. The molecular weight excluding hydrogens is 188 g/mol. The summed E-state index contributed by atoms with van der Waals surface area (Å²) >= 11 is 3.26. The maximum Gasteiger partial charge on any atom is 0.0328 e. The Morgan fingerprint density at radius 2 is 2.10 bits per heavy atom. The minimum Gasteiger partial charge on any atom is -0.115 e. The zero-order valence-electron chi connectivity index (χ0n) is 5.95. The smallest absolute Gasteiger partial charge is 0.0328 e. The van der Waals surface area contributed by atoms with E-state index in [1.54, 1.807) is 0 Å². The van der Waals surface area contributed by atoms with Gasteiger partial charge in [-0.1, -0.05) is 24.7 Å². The van der Waals surface area contributed by atoms with Crippen molar-refractivity contribution >= 4 is 15.9 Å². The van der Waals surface area contributed by atoms with Crippen LogP contribution in [0.15, 0.2) is 34.9 Å². The third kappa shape index (κ3) is 3.32. The summed E-state index contributed by atoms with van der Waals surface area (Å²) in [6.07, 6.45) is 6.93. The van der Waals surface area contributed by atoms with Gasteiger partial charge in [-0.2, -0.15) is 0 Å². The van der Waals surface area contributed by atoms with E-state index in [1.165, 1.54) is 0 Å². The molecule has 0 atom stereocenters. The molecule has 0 saturated carbocycles. The highest BCUT2D eigenvalue weighted by atomic mass is 79.9. The van der Waals surface area contributed by atoms with Crippen molar-refractivity contribution in [3.05, 3.63) is 34.9 Å². The van der Waals surface area contributed by atoms with Crippen LogP contribution >= 0.6 is 15.9 Å². The van der Waals surface area contributed by atoms with Crippen molar-refractivity contribution in [1.82, 2.24) is 0 Å². The molecule has 1 heteroatoms. The molecule has 0 aromatic rings. The molecular formula is C9H9Br. The summed E-state index contributed by atoms with van der Waals surface area (Å²) in [4.78, 5) is 0. The van der Waals surface area contributed by atoms with Gasteiger partial charge < -0.3 is 0 Å². The Hall–Kier alpha value is -0.740. The van der Waals surface area contributed by atoms with Crippen molar-refractivity contribution in [1.29, 1.82) is 0 Å². The van der Waals surface area contributed by atoms with Crippen molar-refractivity contribution in [2.75, 3.05) is 0 Å². The lowest BCUT2D eigenvalue weighted by atomic mass is 10.2. The van der Waals surface area contributed by atoms with E-state index in [0.29, 0.717) is 5.57 Å². The molecule has 0 radical (unpaired) electrons. The van der Waals surface area contributed by atoms with Crippen LogP contribution in [0, 0.1) is 12.3 Å². The van der Waals surface area contributed by atoms with E-state index in [4.69, 9.17) is 6.42 Å². The van der Waals surface area contributed by atoms with Gasteiger partial charge in [0.05, 0.1) is 0 Å². The van der Waals surface area contributed by atoms with Gasteiger partial charge in [0, 0.05) is 10.1 Å². The zero-order chi connectivity index (χ0) is 8.15. The van der Waals surface area contributed by atoms with E-state index in [1.807, 2.05) is 13.0 Å². The summed E-state index contributed by atoms with van der Waals surface area (Å²) in [5.74, 6) is 2.42. The Morgan fingerprint density at radius 1 is 1.60 bits per heavy atom. The van der Waals surface area contributed by atoms with Gasteiger partial charge in [0.1, 0.15) is 0 Å². The highest BCUT2D eigenvalue weighted by Crippen LogP contribution is 2.15. The Balaban J connectivity index is 4.38. The minimum absolute atomic E-state index is 0.642. The molecule has 0 N–H and O–H groups in total. The normalized spacial score (nSPS) is 10.3. The summed E-state index contributed by atoms with van der Waals surface area (Å²) in [6, 6.07) is 0. The van der Waals surface area contributed by atoms with Crippen LogP contribution in [0.3, 0.4) is 0 Å². The molecule has 52 valence electrons. The van der Waals surface area contributed by atoms with E-state index in [0.717, 1.165) is 10.1 Å². The number of halogens is 1. The first-order chi connectivity index (χ1) is 4.57. The molecule has 0 nitrogen and oxygen atoms in total. The summed E-state index contributed by atoms with van der Waals surface area (Å²) in [6.45, 7) is 9.22. The van der Waals surface area contributed by atoms with Crippen LogP contribution in [-0.2, 0) is 0 Å². The topological polar surface area (TPSA) is 0 Å². The van der Waals surface area contributed by atoms with Gasteiger partial charge in [0.25, 0.3) is 0 Å². The van der Waals surface area contributed by atoms with Crippen LogP contribution in [0.25, 0.3) is 0 Å². The molecule has 0 fully saturated rings. The van der Waals surface area contributed by atoms with Crippen LogP contribution in [0.1, 0.15) is 6.92 Å². The van der Waals surface area contributed by atoms with Gasteiger partial charge >= 0.3 is 0 Å². The predicted octanol–water partition coefficient (Wildman–Crippen LogP) is 3.03. The van der Waals surface area contributed by atoms with Crippen molar-refractivity contribution in [3.8, 4) is 12.3 Å². The largest absolute Gasteiger partial charge is 0.115 e. The molecule has 0 rings (SSSR count). The fraction of sp³-hybridized carbons (Fsp3) is 0.111. The fourth-order valence-corrected chi connectivity index (χ4v) is 0.878. The van der Waals surface area contributed by atoms with E-state index in [-0.39, 0.29) is 0 Å². The van der Waals surface area contributed by atoms with Crippen molar-refractivity contribution in [2.45, 2.75) is 6.92 Å². The molecule has 0 aromatic carbocycles. The molecule has 0 bridgehead atoms. The molecule has 0 saturated heterocycles. The van der Waals surface area contributed by atoms with E-state index in [2.05, 4.69) is 35.0 Å². The van der Waals surface area contributed by atoms with Crippen LogP contribution in [0.4, 0.5) is 0 Å². The van der Waals surface area contributed by atoms with Crippen molar-refractivity contribution in [3.63, 3.8) is 0 Å². The number of terminal acetylenes is 1. The highest BCUT2D eigenvalue weighted by Gasteiger charge is 1.92. The lowest BCUT2D eigenvalue weighted by molar-refractivity contribution is 1.55. The highest BCUT2D eigenvalue weighted by molar-refractivity contribution is 9.12. The third-order valence-corrected chi connectivity index (χ3v) is 1.54. The summed E-state index contributed by atoms with van der Waals surface area (Å²) in [7, 11) is 0. The second-order valence-corrected chi connectivity index (χ2v) is 2.82. The van der Waals surface area contributed by atoms with E-state index in [9.17, 15) is 0 Å². The lowest BCUT2D eigenvalue weighted by Gasteiger charge is -1.93. The molecule has 0 spiro atoms. The van der Waals surface area contributed by atoms with Gasteiger partial charge in [-0.05, 0) is 28.9 Å². The minimum atomic E-state index is 0.642. The number of hydrogen-bond donors (Lipinski definition) is 0. The van der Waals surface area contributed by atoms with Crippen LogP contribution in [0.5, 0.6) is 0 Å². The molecule has 0 aliphatic carbocycles. The van der Waals surface area contributed by atoms with Crippen LogP contribution in [0.2, 0.25) is 0 Å². The number of hydrogen-bond acceptors (Lipinski definition) is 0. The average Bonchev–Trinajstić information content (AvgIpc) is 1.85. The molecule has 0 unspecified atom stereocenters. The van der Waals surface area contributed by atoms with Gasteiger partial charge in [0.15, 0.2) is 0 Å². The zero-order valence-corrected chi connectivity index (χ0v) is 7.53. The molecule has 0 aliphatic heterocycles. The van der Waals surface area contributed by atoms with Crippen molar-refractivity contribution < 1.29 is 0 Å². The first kappa shape index (κ1) is 9.26. The summed E-state index contributed by atoms with van der Waals surface area (Å²) < 4.78 is 0.822. The molecule has 0 aromatic heterocycles. The molecule has 10 heavy (non-hydrogen) atoms. The van der Waals surface area contributed by atoms with Gasteiger partial charge in [-0.25, -0.2) is 0 Å².